The first-order chi connectivity index (χ1) is 15.5. The summed E-state index contributed by atoms with van der Waals surface area (Å²) in [6.07, 6.45) is 1.65. The van der Waals surface area contributed by atoms with Crippen molar-refractivity contribution in [2.24, 2.45) is 0 Å². The highest BCUT2D eigenvalue weighted by Gasteiger charge is 2.30. The number of benzene rings is 1. The summed E-state index contributed by atoms with van der Waals surface area (Å²) in [5.41, 5.74) is 2.01. The number of nitrogens with zero attached hydrogens (tertiary/aromatic N) is 5. The van der Waals surface area contributed by atoms with Crippen molar-refractivity contribution in [2.75, 3.05) is 35.3 Å². The van der Waals surface area contributed by atoms with Crippen LogP contribution in [0.3, 0.4) is 0 Å². The van der Waals surface area contributed by atoms with E-state index >= 15 is 0 Å². The van der Waals surface area contributed by atoms with Gasteiger partial charge in [-0.05, 0) is 37.3 Å². The number of hydrogen-bond acceptors (Lipinski definition) is 6. The van der Waals surface area contributed by atoms with Crippen LogP contribution in [0.2, 0.25) is 5.02 Å². The number of rotatable bonds is 4. The van der Waals surface area contributed by atoms with Crippen LogP contribution in [-0.4, -0.2) is 47.1 Å². The molecule has 3 amide bonds. The molecule has 0 saturated heterocycles. The lowest BCUT2D eigenvalue weighted by Crippen LogP contribution is -2.36. The topological polar surface area (TPSA) is 101 Å². The number of anilines is 3. The van der Waals surface area contributed by atoms with Crippen LogP contribution in [0.15, 0.2) is 48.7 Å². The van der Waals surface area contributed by atoms with Crippen LogP contribution in [0, 0.1) is 0 Å². The lowest BCUT2D eigenvalue weighted by molar-refractivity contribution is -0.118. The highest BCUT2D eigenvalue weighted by atomic mass is 35.5. The van der Waals surface area contributed by atoms with Crippen molar-refractivity contribution >= 4 is 40.9 Å². The molecule has 1 aromatic carbocycles. The van der Waals surface area contributed by atoms with Crippen molar-refractivity contribution in [2.45, 2.75) is 13.3 Å². The minimum Gasteiger partial charge on any atom is -0.467 e. The highest BCUT2D eigenvalue weighted by Crippen LogP contribution is 2.34. The number of ether oxygens (including phenoxy) is 1. The molecular weight excluding hydrogens is 432 g/mol. The maximum absolute atomic E-state index is 13.2. The zero-order valence-electron chi connectivity index (χ0n) is 17.6. The van der Waals surface area contributed by atoms with E-state index in [1.807, 2.05) is 25.1 Å². The number of fused-ring (bicyclic) bond motifs is 1. The Kier molecular flexibility index (Phi) is 6.18. The van der Waals surface area contributed by atoms with Gasteiger partial charge < -0.3 is 9.64 Å². The van der Waals surface area contributed by atoms with E-state index in [-0.39, 0.29) is 30.7 Å². The summed E-state index contributed by atoms with van der Waals surface area (Å²) in [6, 6.07) is 12.1. The Bertz CT molecular complexity index is 1170. The molecule has 1 aliphatic rings. The van der Waals surface area contributed by atoms with E-state index < -0.39 is 6.03 Å². The van der Waals surface area contributed by atoms with Crippen LogP contribution < -0.4 is 19.9 Å². The molecule has 0 unspecified atom stereocenters. The molecule has 3 heterocycles. The van der Waals surface area contributed by atoms with Crippen molar-refractivity contribution in [1.82, 2.24) is 15.0 Å². The molecular formula is C22H21ClN6O3. The predicted octanol–water partition coefficient (Wildman–Crippen LogP) is 4.00. The molecule has 0 atom stereocenters. The molecule has 32 heavy (non-hydrogen) atoms. The van der Waals surface area contributed by atoms with Gasteiger partial charge in [0.2, 0.25) is 5.91 Å². The quantitative estimate of drug-likeness (QED) is 0.642. The van der Waals surface area contributed by atoms with E-state index in [0.29, 0.717) is 28.8 Å². The molecule has 0 bridgehead atoms. The minimum atomic E-state index is -0.464. The first kappa shape index (κ1) is 21.5. The Labute approximate surface area is 190 Å². The first-order valence-corrected chi connectivity index (χ1v) is 10.4. The zero-order chi connectivity index (χ0) is 22.7. The Morgan fingerprint density at radius 1 is 1.22 bits per heavy atom. The number of pyridine rings is 1. The lowest BCUT2D eigenvalue weighted by atomic mass is 10.1. The summed E-state index contributed by atoms with van der Waals surface area (Å²) in [5, 5.41) is 3.32. The van der Waals surface area contributed by atoms with Gasteiger partial charge in [-0.25, -0.2) is 14.8 Å². The normalized spacial score (nSPS) is 13.4. The molecule has 0 fully saturated rings. The van der Waals surface area contributed by atoms with Gasteiger partial charge in [0.05, 0.1) is 18.5 Å². The van der Waals surface area contributed by atoms with Gasteiger partial charge in [0.1, 0.15) is 5.82 Å². The smallest absolute Gasteiger partial charge is 0.328 e. The predicted molar refractivity (Wildman–Crippen MR) is 122 cm³/mol. The number of aromatic nitrogens is 3. The number of hydrogen-bond donors (Lipinski definition) is 1. The van der Waals surface area contributed by atoms with Gasteiger partial charge in [-0.15, -0.1) is 0 Å². The molecule has 9 nitrogen and oxygen atoms in total. The number of nitrogens with one attached hydrogen (secondary N) is 1. The van der Waals surface area contributed by atoms with Gasteiger partial charge in [0.25, 0.3) is 0 Å². The molecule has 0 radical (unpaired) electrons. The molecule has 164 valence electrons. The average Bonchev–Trinajstić information content (AvgIpc) is 2.94. The summed E-state index contributed by atoms with van der Waals surface area (Å²) in [7, 11) is 1.44. The number of urea groups is 1. The summed E-state index contributed by atoms with van der Waals surface area (Å²) < 4.78 is 5.01. The van der Waals surface area contributed by atoms with Crippen molar-refractivity contribution < 1.29 is 14.3 Å². The fourth-order valence-electron chi connectivity index (χ4n) is 3.47. The molecule has 4 rings (SSSR count). The Morgan fingerprint density at radius 3 is 2.81 bits per heavy atom. The third-order valence-corrected chi connectivity index (χ3v) is 5.22. The standard InChI is InChI=1S/C22H21ClN6O3/c1-3-28-17-8-7-16(14-5-4-6-15(23)13-14)25-20(17)29(12-10-19(28)30)22(31)27-18-9-11-24-21(26-18)32-2/h4-9,11,13H,3,10,12H2,1-2H3,(H,24,26,27,31). The van der Waals surface area contributed by atoms with Crippen LogP contribution in [-0.2, 0) is 4.79 Å². The van der Waals surface area contributed by atoms with Crippen molar-refractivity contribution in [3.05, 3.63) is 53.7 Å². The molecule has 1 aliphatic heterocycles. The van der Waals surface area contributed by atoms with Crippen LogP contribution >= 0.6 is 11.6 Å². The summed E-state index contributed by atoms with van der Waals surface area (Å²) >= 11 is 6.15. The largest absolute Gasteiger partial charge is 0.467 e. The van der Waals surface area contributed by atoms with Crippen molar-refractivity contribution in [1.29, 1.82) is 0 Å². The van der Waals surface area contributed by atoms with Gasteiger partial charge in [-0.1, -0.05) is 23.7 Å². The van der Waals surface area contributed by atoms with E-state index in [4.69, 9.17) is 21.3 Å². The summed E-state index contributed by atoms with van der Waals surface area (Å²) in [5.74, 6) is 0.580. The number of carbonyl (C=O) groups excluding carboxylic acids is 2. The van der Waals surface area contributed by atoms with E-state index in [9.17, 15) is 9.59 Å². The van der Waals surface area contributed by atoms with E-state index in [0.717, 1.165) is 5.56 Å². The Hall–Kier alpha value is -3.72. The SMILES string of the molecule is CCN1C(=O)CCN(C(=O)Nc2ccnc(OC)n2)c2nc(-c3cccc(Cl)c3)ccc21. The third-order valence-electron chi connectivity index (χ3n) is 4.98. The second-order valence-corrected chi connectivity index (χ2v) is 7.38. The van der Waals surface area contributed by atoms with Gasteiger partial charge in [-0.2, -0.15) is 4.98 Å². The molecule has 3 aromatic rings. The number of carbonyl (C=O) groups is 2. The van der Waals surface area contributed by atoms with Gasteiger partial charge in [0, 0.05) is 36.3 Å². The number of halogens is 1. The zero-order valence-corrected chi connectivity index (χ0v) is 18.3. The molecule has 1 N–H and O–H groups in total. The summed E-state index contributed by atoms with van der Waals surface area (Å²) in [4.78, 5) is 41.8. The first-order valence-electron chi connectivity index (χ1n) is 10.0. The van der Waals surface area contributed by atoms with Crippen LogP contribution in [0.4, 0.5) is 22.1 Å². The third kappa shape index (κ3) is 4.33. The molecule has 10 heteroatoms. The minimum absolute atomic E-state index is 0.0786. The fourth-order valence-corrected chi connectivity index (χ4v) is 3.66. The average molecular weight is 453 g/mol. The van der Waals surface area contributed by atoms with E-state index in [2.05, 4.69) is 15.3 Å². The molecule has 0 aliphatic carbocycles. The maximum Gasteiger partial charge on any atom is 0.328 e. The van der Waals surface area contributed by atoms with Gasteiger partial charge >= 0.3 is 12.0 Å². The Morgan fingerprint density at radius 2 is 2.06 bits per heavy atom. The second kappa shape index (κ2) is 9.19. The van der Waals surface area contributed by atoms with Crippen LogP contribution in [0.5, 0.6) is 6.01 Å². The van der Waals surface area contributed by atoms with E-state index in [1.54, 1.807) is 29.2 Å². The Balaban J connectivity index is 1.75. The van der Waals surface area contributed by atoms with Crippen LogP contribution in [0.1, 0.15) is 13.3 Å². The molecule has 0 spiro atoms. The fraction of sp³-hybridized carbons (Fsp3) is 0.227. The monoisotopic (exact) mass is 452 g/mol. The molecule has 2 aromatic heterocycles. The molecule has 0 saturated carbocycles. The van der Waals surface area contributed by atoms with Crippen molar-refractivity contribution in [3.8, 4) is 17.3 Å². The maximum atomic E-state index is 13.2. The second-order valence-electron chi connectivity index (χ2n) is 6.95. The number of amides is 3. The highest BCUT2D eigenvalue weighted by molar-refractivity contribution is 6.30. The van der Waals surface area contributed by atoms with E-state index in [1.165, 1.54) is 18.2 Å². The summed E-state index contributed by atoms with van der Waals surface area (Å²) in [6.45, 7) is 2.51. The van der Waals surface area contributed by atoms with Gasteiger partial charge in [-0.3, -0.25) is 15.0 Å². The van der Waals surface area contributed by atoms with Crippen molar-refractivity contribution in [3.63, 3.8) is 0 Å². The van der Waals surface area contributed by atoms with Crippen LogP contribution in [0.25, 0.3) is 11.3 Å². The lowest BCUT2D eigenvalue weighted by Gasteiger charge is -2.24. The van der Waals surface area contributed by atoms with Gasteiger partial charge in [0.15, 0.2) is 5.82 Å². The number of methoxy groups -OCH3 is 1.